The molecule has 2 atom stereocenters. The van der Waals surface area contributed by atoms with Crippen molar-refractivity contribution in [2.45, 2.75) is 38.4 Å². The summed E-state index contributed by atoms with van der Waals surface area (Å²) >= 11 is 0. The highest BCUT2D eigenvalue weighted by atomic mass is 19.3. The van der Waals surface area contributed by atoms with Gasteiger partial charge < -0.3 is 5.73 Å². The third kappa shape index (κ3) is 2.70. The molecular formula is C12H20F2N4. The first-order valence-electron chi connectivity index (χ1n) is 6.33. The van der Waals surface area contributed by atoms with Crippen molar-refractivity contribution in [2.75, 3.05) is 13.6 Å². The second kappa shape index (κ2) is 5.75. The number of halogens is 2. The van der Waals surface area contributed by atoms with E-state index >= 15 is 0 Å². The molecule has 4 nitrogen and oxygen atoms in total. The Balaban J connectivity index is 2.02. The minimum Gasteiger partial charge on any atom is -0.330 e. The molecule has 1 aliphatic carbocycles. The fourth-order valence-electron chi connectivity index (χ4n) is 2.86. The van der Waals surface area contributed by atoms with Crippen molar-refractivity contribution in [3.05, 3.63) is 18.2 Å². The van der Waals surface area contributed by atoms with E-state index in [0.717, 1.165) is 17.4 Å². The largest absolute Gasteiger partial charge is 0.330 e. The van der Waals surface area contributed by atoms with E-state index in [2.05, 4.69) is 9.88 Å². The van der Waals surface area contributed by atoms with Crippen LogP contribution in [-0.4, -0.2) is 34.1 Å². The molecule has 0 spiro atoms. The number of nitrogens with two attached hydrogens (primary N) is 1. The highest BCUT2D eigenvalue weighted by molar-refractivity contribution is 4.94. The van der Waals surface area contributed by atoms with Crippen LogP contribution in [0.5, 0.6) is 0 Å². The second-order valence-electron chi connectivity index (χ2n) is 4.94. The maximum Gasteiger partial charge on any atom is 0.319 e. The van der Waals surface area contributed by atoms with E-state index in [4.69, 9.17) is 5.73 Å². The molecular weight excluding hydrogens is 238 g/mol. The van der Waals surface area contributed by atoms with Crippen molar-refractivity contribution in [1.82, 2.24) is 14.5 Å². The van der Waals surface area contributed by atoms with Gasteiger partial charge in [-0.05, 0) is 32.4 Å². The van der Waals surface area contributed by atoms with Crippen LogP contribution in [0.3, 0.4) is 0 Å². The summed E-state index contributed by atoms with van der Waals surface area (Å²) in [6.45, 7) is -1.42. The molecule has 1 heterocycles. The molecule has 1 saturated carbocycles. The summed E-state index contributed by atoms with van der Waals surface area (Å²) in [5.74, 6) is 0.889. The third-order valence-corrected chi connectivity index (χ3v) is 3.84. The lowest BCUT2D eigenvalue weighted by Gasteiger charge is -2.28. The zero-order chi connectivity index (χ0) is 13.1. The van der Waals surface area contributed by atoms with Gasteiger partial charge in [-0.25, -0.2) is 4.98 Å². The molecule has 102 valence electrons. The molecule has 0 saturated heterocycles. The molecule has 2 unspecified atom stereocenters. The SMILES string of the molecule is CN(Cc1nccn1C(F)F)C1CCCC1CN. The summed E-state index contributed by atoms with van der Waals surface area (Å²) in [6, 6.07) is 0.387. The first kappa shape index (κ1) is 13.4. The molecule has 1 fully saturated rings. The fourth-order valence-corrected chi connectivity index (χ4v) is 2.86. The number of alkyl halides is 2. The third-order valence-electron chi connectivity index (χ3n) is 3.84. The first-order chi connectivity index (χ1) is 8.63. The Hall–Kier alpha value is -1.01. The highest BCUT2D eigenvalue weighted by Gasteiger charge is 2.30. The first-order valence-corrected chi connectivity index (χ1v) is 6.33. The standard InChI is InChI=1S/C12H20F2N4/c1-17(10-4-2-3-9(10)7-15)8-11-16-5-6-18(11)12(13)14/h5-6,9-10,12H,2-4,7-8,15H2,1H3. The predicted molar refractivity (Wildman–Crippen MR) is 65.1 cm³/mol. The Morgan fingerprint density at radius 1 is 1.56 bits per heavy atom. The Morgan fingerprint density at radius 3 is 3.00 bits per heavy atom. The average molecular weight is 258 g/mol. The van der Waals surface area contributed by atoms with Crippen LogP contribution in [-0.2, 0) is 6.54 Å². The molecule has 2 rings (SSSR count). The Kier molecular flexibility index (Phi) is 4.29. The van der Waals surface area contributed by atoms with E-state index in [1.807, 2.05) is 7.05 Å². The minimum absolute atomic E-state index is 0.387. The summed E-state index contributed by atoms with van der Waals surface area (Å²) < 4.78 is 26.4. The van der Waals surface area contributed by atoms with Crippen molar-refractivity contribution in [1.29, 1.82) is 0 Å². The molecule has 1 aliphatic rings. The second-order valence-corrected chi connectivity index (χ2v) is 4.94. The van der Waals surface area contributed by atoms with Gasteiger partial charge in [-0.1, -0.05) is 6.42 Å². The van der Waals surface area contributed by atoms with Crippen molar-refractivity contribution in [3.63, 3.8) is 0 Å². The van der Waals surface area contributed by atoms with Gasteiger partial charge in [-0.2, -0.15) is 8.78 Å². The van der Waals surface area contributed by atoms with Gasteiger partial charge in [0.2, 0.25) is 0 Å². The van der Waals surface area contributed by atoms with E-state index in [1.165, 1.54) is 18.8 Å². The van der Waals surface area contributed by atoms with Gasteiger partial charge in [-0.15, -0.1) is 0 Å². The van der Waals surface area contributed by atoms with Gasteiger partial charge in [0.25, 0.3) is 0 Å². The molecule has 0 bridgehead atoms. The highest BCUT2D eigenvalue weighted by Crippen LogP contribution is 2.29. The smallest absolute Gasteiger partial charge is 0.319 e. The zero-order valence-corrected chi connectivity index (χ0v) is 10.6. The fraction of sp³-hybridized carbons (Fsp3) is 0.750. The summed E-state index contributed by atoms with van der Waals surface area (Å²) in [7, 11) is 1.96. The summed E-state index contributed by atoms with van der Waals surface area (Å²) in [5.41, 5.74) is 5.75. The Labute approximate surface area is 106 Å². The van der Waals surface area contributed by atoms with Crippen molar-refractivity contribution >= 4 is 0 Å². The van der Waals surface area contributed by atoms with Gasteiger partial charge in [0.15, 0.2) is 0 Å². The number of nitrogens with zero attached hydrogens (tertiary/aromatic N) is 3. The lowest BCUT2D eigenvalue weighted by atomic mass is 10.0. The lowest BCUT2D eigenvalue weighted by Crippen LogP contribution is -2.37. The van der Waals surface area contributed by atoms with Crippen LogP contribution >= 0.6 is 0 Å². The molecule has 0 aromatic carbocycles. The van der Waals surface area contributed by atoms with Crippen LogP contribution in [0, 0.1) is 5.92 Å². The van der Waals surface area contributed by atoms with Crippen LogP contribution < -0.4 is 5.73 Å². The monoisotopic (exact) mass is 258 g/mol. The van der Waals surface area contributed by atoms with Crippen LogP contribution in [0.2, 0.25) is 0 Å². The van der Waals surface area contributed by atoms with Gasteiger partial charge in [0, 0.05) is 18.4 Å². The summed E-state index contributed by atoms with van der Waals surface area (Å²) in [6.07, 6.45) is 6.13. The number of hydrogen-bond acceptors (Lipinski definition) is 3. The molecule has 1 aromatic rings. The number of aromatic nitrogens is 2. The molecule has 6 heteroatoms. The zero-order valence-electron chi connectivity index (χ0n) is 10.6. The average Bonchev–Trinajstić information content (AvgIpc) is 2.96. The maximum atomic E-state index is 12.7. The number of rotatable bonds is 5. The maximum absolute atomic E-state index is 12.7. The normalized spacial score (nSPS) is 24.3. The van der Waals surface area contributed by atoms with Crippen LogP contribution in [0.4, 0.5) is 8.78 Å². The van der Waals surface area contributed by atoms with Gasteiger partial charge >= 0.3 is 6.55 Å². The topological polar surface area (TPSA) is 47.1 Å². The number of hydrogen-bond donors (Lipinski definition) is 1. The molecule has 1 aromatic heterocycles. The van der Waals surface area contributed by atoms with E-state index in [0.29, 0.717) is 30.9 Å². The van der Waals surface area contributed by atoms with Crippen LogP contribution in [0.1, 0.15) is 31.6 Å². The van der Waals surface area contributed by atoms with Gasteiger partial charge in [-0.3, -0.25) is 9.47 Å². The quantitative estimate of drug-likeness (QED) is 0.876. The lowest BCUT2D eigenvalue weighted by molar-refractivity contribution is 0.0626. The minimum atomic E-state index is -2.52. The van der Waals surface area contributed by atoms with Gasteiger partial charge in [0.05, 0.1) is 6.54 Å². The van der Waals surface area contributed by atoms with Crippen LogP contribution in [0.25, 0.3) is 0 Å². The van der Waals surface area contributed by atoms with E-state index in [1.54, 1.807) is 0 Å². The summed E-state index contributed by atoms with van der Waals surface area (Å²) in [4.78, 5) is 6.11. The molecule has 0 aliphatic heterocycles. The molecule has 0 radical (unpaired) electrons. The Bertz CT molecular complexity index is 380. The van der Waals surface area contributed by atoms with Crippen molar-refractivity contribution < 1.29 is 8.78 Å². The molecule has 0 amide bonds. The molecule has 2 N–H and O–H groups in total. The van der Waals surface area contributed by atoms with Crippen LogP contribution in [0.15, 0.2) is 12.4 Å². The Morgan fingerprint density at radius 2 is 2.33 bits per heavy atom. The van der Waals surface area contributed by atoms with E-state index in [9.17, 15) is 8.78 Å². The van der Waals surface area contributed by atoms with E-state index < -0.39 is 6.55 Å². The van der Waals surface area contributed by atoms with Crippen molar-refractivity contribution in [2.24, 2.45) is 11.7 Å². The summed E-state index contributed by atoms with van der Waals surface area (Å²) in [5, 5.41) is 0. The van der Waals surface area contributed by atoms with Crippen molar-refractivity contribution in [3.8, 4) is 0 Å². The molecule has 18 heavy (non-hydrogen) atoms. The predicted octanol–water partition coefficient (Wildman–Crippen LogP) is 1.84. The van der Waals surface area contributed by atoms with Gasteiger partial charge in [0.1, 0.15) is 5.82 Å². The number of imidazole rings is 1. The van der Waals surface area contributed by atoms with E-state index in [-0.39, 0.29) is 0 Å².